The van der Waals surface area contributed by atoms with Crippen LogP contribution in [0.3, 0.4) is 0 Å². The number of ketones is 1. The van der Waals surface area contributed by atoms with Gasteiger partial charge in [-0.05, 0) is 23.8 Å². The first-order valence-corrected chi connectivity index (χ1v) is 6.57. The molecule has 2 heterocycles. The van der Waals surface area contributed by atoms with E-state index in [9.17, 15) is 9.59 Å². The molecule has 0 spiro atoms. The fourth-order valence-electron chi connectivity index (χ4n) is 2.23. The van der Waals surface area contributed by atoms with Crippen LogP contribution in [0, 0.1) is 0 Å². The molecule has 0 aliphatic carbocycles. The van der Waals surface area contributed by atoms with Crippen LogP contribution in [0.1, 0.15) is 27.8 Å². The Kier molecular flexibility index (Phi) is 3.31. The van der Waals surface area contributed by atoms with Gasteiger partial charge in [0, 0.05) is 24.9 Å². The van der Waals surface area contributed by atoms with Gasteiger partial charge in [0.15, 0.2) is 5.78 Å². The number of aromatic nitrogens is 3. The Hall–Kier alpha value is -2.82. The quantitative estimate of drug-likeness (QED) is 0.691. The standard InChI is InChI=1S/C16H13N3O2/c1-11(20)19-15-8-12(5-6-13(15)10-18-19)9-16(21)14-4-2-3-7-17-14/h2-8,10H,9H2,1H3. The molecule has 0 amide bonds. The molecule has 1 aromatic carbocycles. The molecule has 5 nitrogen and oxygen atoms in total. The van der Waals surface area contributed by atoms with E-state index >= 15 is 0 Å². The zero-order chi connectivity index (χ0) is 14.8. The zero-order valence-electron chi connectivity index (χ0n) is 11.5. The minimum absolute atomic E-state index is 0.0520. The average Bonchev–Trinajstić information content (AvgIpc) is 2.91. The summed E-state index contributed by atoms with van der Waals surface area (Å²) in [4.78, 5) is 27.7. The van der Waals surface area contributed by atoms with Crippen molar-refractivity contribution in [2.24, 2.45) is 0 Å². The highest BCUT2D eigenvalue weighted by atomic mass is 16.2. The number of carbonyl (C=O) groups is 2. The van der Waals surface area contributed by atoms with E-state index in [1.54, 1.807) is 30.6 Å². The van der Waals surface area contributed by atoms with Gasteiger partial charge < -0.3 is 0 Å². The van der Waals surface area contributed by atoms with E-state index in [1.807, 2.05) is 18.2 Å². The molecule has 0 aliphatic rings. The lowest BCUT2D eigenvalue weighted by atomic mass is 10.1. The van der Waals surface area contributed by atoms with Gasteiger partial charge in [-0.3, -0.25) is 14.6 Å². The Morgan fingerprint density at radius 1 is 1.19 bits per heavy atom. The molecule has 3 aromatic rings. The number of rotatable bonds is 3. The van der Waals surface area contributed by atoms with Crippen LogP contribution >= 0.6 is 0 Å². The summed E-state index contributed by atoms with van der Waals surface area (Å²) in [5.41, 5.74) is 1.99. The molecule has 0 fully saturated rings. The van der Waals surface area contributed by atoms with E-state index in [2.05, 4.69) is 10.1 Å². The van der Waals surface area contributed by atoms with Gasteiger partial charge in [-0.25, -0.2) is 4.68 Å². The number of carbonyl (C=O) groups excluding carboxylic acids is 2. The van der Waals surface area contributed by atoms with Gasteiger partial charge in [-0.1, -0.05) is 18.2 Å². The second-order valence-electron chi connectivity index (χ2n) is 4.78. The summed E-state index contributed by atoms with van der Waals surface area (Å²) in [5.74, 6) is -0.206. The van der Waals surface area contributed by atoms with Crippen LogP contribution in [-0.2, 0) is 6.42 Å². The molecule has 0 unspecified atom stereocenters. The minimum Gasteiger partial charge on any atom is -0.292 e. The van der Waals surface area contributed by atoms with Gasteiger partial charge in [-0.2, -0.15) is 5.10 Å². The van der Waals surface area contributed by atoms with Crippen LogP contribution in [0.4, 0.5) is 0 Å². The summed E-state index contributed by atoms with van der Waals surface area (Å²) >= 11 is 0. The highest BCUT2D eigenvalue weighted by Crippen LogP contribution is 2.17. The lowest BCUT2D eigenvalue weighted by Crippen LogP contribution is -2.08. The van der Waals surface area contributed by atoms with Gasteiger partial charge in [-0.15, -0.1) is 0 Å². The average molecular weight is 279 g/mol. The van der Waals surface area contributed by atoms with Crippen molar-refractivity contribution in [2.45, 2.75) is 13.3 Å². The van der Waals surface area contributed by atoms with Crippen LogP contribution in [0.15, 0.2) is 48.8 Å². The number of Topliss-reactive ketones (excluding diaryl/α,β-unsaturated/α-hetero) is 1. The fourth-order valence-corrected chi connectivity index (χ4v) is 2.23. The number of nitrogens with zero attached hydrogens (tertiary/aromatic N) is 3. The maximum Gasteiger partial charge on any atom is 0.244 e. The van der Waals surface area contributed by atoms with E-state index in [4.69, 9.17) is 0 Å². The third-order valence-electron chi connectivity index (χ3n) is 3.25. The SMILES string of the molecule is CC(=O)n1ncc2ccc(CC(=O)c3ccccn3)cc21. The van der Waals surface area contributed by atoms with Crippen LogP contribution < -0.4 is 0 Å². The number of hydrogen-bond acceptors (Lipinski definition) is 4. The summed E-state index contributed by atoms with van der Waals surface area (Å²) in [6, 6.07) is 10.8. The first kappa shape index (κ1) is 13.2. The molecule has 0 saturated carbocycles. The first-order chi connectivity index (χ1) is 10.1. The van der Waals surface area contributed by atoms with Gasteiger partial charge in [0.1, 0.15) is 5.69 Å². The highest BCUT2D eigenvalue weighted by Gasteiger charge is 2.11. The fraction of sp³-hybridized carbons (Fsp3) is 0.125. The molecule has 0 aliphatic heterocycles. The summed E-state index contributed by atoms with van der Waals surface area (Å²) in [7, 11) is 0. The molecule has 0 bridgehead atoms. The molecular weight excluding hydrogens is 266 g/mol. The van der Waals surface area contributed by atoms with E-state index < -0.39 is 0 Å². The number of benzene rings is 1. The summed E-state index contributed by atoms with van der Waals surface area (Å²) in [6.07, 6.45) is 3.48. The number of pyridine rings is 1. The molecule has 0 radical (unpaired) electrons. The van der Waals surface area contributed by atoms with E-state index in [0.29, 0.717) is 11.2 Å². The Labute approximate surface area is 121 Å². The van der Waals surface area contributed by atoms with E-state index in [0.717, 1.165) is 10.9 Å². The molecule has 104 valence electrons. The molecule has 3 rings (SSSR count). The monoisotopic (exact) mass is 279 g/mol. The van der Waals surface area contributed by atoms with Crippen molar-refractivity contribution in [2.75, 3.05) is 0 Å². The van der Waals surface area contributed by atoms with Crippen LogP contribution in [0.2, 0.25) is 0 Å². The third-order valence-corrected chi connectivity index (χ3v) is 3.25. The van der Waals surface area contributed by atoms with Crippen molar-refractivity contribution in [3.05, 3.63) is 60.0 Å². The molecule has 2 aromatic heterocycles. The summed E-state index contributed by atoms with van der Waals surface area (Å²) in [6.45, 7) is 1.46. The van der Waals surface area contributed by atoms with Crippen molar-refractivity contribution in [1.29, 1.82) is 0 Å². The van der Waals surface area contributed by atoms with Gasteiger partial charge in [0.05, 0.1) is 11.7 Å². The molecule has 0 atom stereocenters. The topological polar surface area (TPSA) is 64.8 Å². The maximum absolute atomic E-state index is 12.2. The van der Waals surface area contributed by atoms with Crippen molar-refractivity contribution in [3.8, 4) is 0 Å². The molecule has 5 heteroatoms. The minimum atomic E-state index is -0.154. The first-order valence-electron chi connectivity index (χ1n) is 6.57. The van der Waals surface area contributed by atoms with E-state index in [-0.39, 0.29) is 18.1 Å². The van der Waals surface area contributed by atoms with Crippen LogP contribution in [0.5, 0.6) is 0 Å². The van der Waals surface area contributed by atoms with E-state index in [1.165, 1.54) is 11.6 Å². The summed E-state index contributed by atoms with van der Waals surface area (Å²) < 4.78 is 1.34. The molecular formula is C16H13N3O2. The molecule has 0 N–H and O–H groups in total. The predicted octanol–water partition coefficient (Wildman–Crippen LogP) is 2.52. The molecule has 0 saturated heterocycles. The third kappa shape index (κ3) is 2.58. The normalized spacial score (nSPS) is 10.7. The second-order valence-corrected chi connectivity index (χ2v) is 4.78. The van der Waals surface area contributed by atoms with Crippen molar-refractivity contribution in [1.82, 2.24) is 14.8 Å². The Balaban J connectivity index is 1.92. The van der Waals surface area contributed by atoms with Crippen molar-refractivity contribution in [3.63, 3.8) is 0 Å². The van der Waals surface area contributed by atoms with Crippen LogP contribution in [0.25, 0.3) is 10.9 Å². The maximum atomic E-state index is 12.2. The van der Waals surface area contributed by atoms with Gasteiger partial charge >= 0.3 is 0 Å². The predicted molar refractivity (Wildman–Crippen MR) is 78.3 cm³/mol. The smallest absolute Gasteiger partial charge is 0.244 e. The number of fused-ring (bicyclic) bond motifs is 1. The lowest BCUT2D eigenvalue weighted by molar-refractivity contribution is 0.0926. The highest BCUT2D eigenvalue weighted by molar-refractivity contribution is 5.96. The summed E-state index contributed by atoms with van der Waals surface area (Å²) in [5, 5.41) is 4.92. The Morgan fingerprint density at radius 2 is 2.05 bits per heavy atom. The number of hydrogen-bond donors (Lipinski definition) is 0. The lowest BCUT2D eigenvalue weighted by Gasteiger charge is -2.03. The van der Waals surface area contributed by atoms with Crippen LogP contribution in [-0.4, -0.2) is 26.5 Å². The largest absolute Gasteiger partial charge is 0.292 e. The van der Waals surface area contributed by atoms with Crippen molar-refractivity contribution >= 4 is 22.6 Å². The van der Waals surface area contributed by atoms with Gasteiger partial charge in [0.25, 0.3) is 0 Å². The van der Waals surface area contributed by atoms with Crippen molar-refractivity contribution < 1.29 is 9.59 Å². The Bertz CT molecular complexity index is 822. The Morgan fingerprint density at radius 3 is 2.76 bits per heavy atom. The zero-order valence-corrected chi connectivity index (χ0v) is 11.5. The van der Waals surface area contributed by atoms with Gasteiger partial charge in [0.2, 0.25) is 5.91 Å². The molecule has 21 heavy (non-hydrogen) atoms. The second kappa shape index (κ2) is 5.28.